The van der Waals surface area contributed by atoms with Crippen LogP contribution >= 0.6 is 0 Å². The van der Waals surface area contributed by atoms with Crippen molar-refractivity contribution in [1.82, 2.24) is 5.32 Å². The van der Waals surface area contributed by atoms with E-state index in [0.717, 1.165) is 22.5 Å². The zero-order valence-electron chi connectivity index (χ0n) is 13.0. The first-order chi connectivity index (χ1) is 9.86. The van der Waals surface area contributed by atoms with E-state index in [9.17, 15) is 9.59 Å². The Balaban J connectivity index is 2.05. The van der Waals surface area contributed by atoms with Crippen molar-refractivity contribution >= 4 is 23.2 Å². The summed E-state index contributed by atoms with van der Waals surface area (Å²) in [7, 11) is 0. The van der Waals surface area contributed by atoms with Crippen molar-refractivity contribution in [3.63, 3.8) is 0 Å². The molecule has 0 spiro atoms. The van der Waals surface area contributed by atoms with Crippen LogP contribution in [-0.2, 0) is 9.59 Å². The normalized spacial score (nSPS) is 17.0. The summed E-state index contributed by atoms with van der Waals surface area (Å²) < 4.78 is 0. The highest BCUT2D eigenvalue weighted by atomic mass is 16.2. The predicted octanol–water partition coefficient (Wildman–Crippen LogP) is 2.20. The fraction of sp³-hybridized carbons (Fsp3) is 0.500. The van der Waals surface area contributed by atoms with Gasteiger partial charge in [-0.3, -0.25) is 9.59 Å². The maximum absolute atomic E-state index is 12.1. The summed E-state index contributed by atoms with van der Waals surface area (Å²) in [4.78, 5) is 23.9. The molecule has 21 heavy (non-hydrogen) atoms. The molecule has 0 fully saturated rings. The molecule has 2 rings (SSSR count). The summed E-state index contributed by atoms with van der Waals surface area (Å²) in [6, 6.07) is 3.43. The highest BCUT2D eigenvalue weighted by molar-refractivity contribution is 6.05. The van der Waals surface area contributed by atoms with E-state index in [1.165, 1.54) is 0 Å². The molecule has 1 aliphatic heterocycles. The van der Waals surface area contributed by atoms with E-state index in [0.29, 0.717) is 12.5 Å². The van der Waals surface area contributed by atoms with Crippen LogP contribution in [0.5, 0.6) is 0 Å². The van der Waals surface area contributed by atoms with Gasteiger partial charge in [0.05, 0.1) is 17.8 Å². The number of fused-ring (bicyclic) bond motifs is 1. The molecule has 5 heteroatoms. The largest absolute Gasteiger partial charge is 0.372 e. The van der Waals surface area contributed by atoms with Crippen LogP contribution in [0.3, 0.4) is 0 Å². The van der Waals surface area contributed by atoms with E-state index in [-0.39, 0.29) is 18.2 Å². The standard InChI is InChI=1S/C16H23N3O2/c1-9(2)8-17-15(20)7-14-16(21)19-13-6-11(4)10(3)5-12(13)18-14/h5-6,9,14,18H,7-8H2,1-4H3,(H,17,20)(H,19,21). The molecule has 1 aromatic carbocycles. The first kappa shape index (κ1) is 15.4. The molecule has 2 amide bonds. The number of carbonyl (C=O) groups is 2. The minimum absolute atomic E-state index is 0.108. The number of hydrogen-bond acceptors (Lipinski definition) is 3. The highest BCUT2D eigenvalue weighted by Gasteiger charge is 2.27. The molecule has 3 N–H and O–H groups in total. The molecule has 0 saturated heterocycles. The lowest BCUT2D eigenvalue weighted by molar-refractivity contribution is -0.125. The molecular weight excluding hydrogens is 266 g/mol. The third kappa shape index (κ3) is 3.74. The van der Waals surface area contributed by atoms with Gasteiger partial charge >= 0.3 is 0 Å². The molecule has 1 unspecified atom stereocenters. The summed E-state index contributed by atoms with van der Waals surface area (Å²) in [5.74, 6) is 0.127. The van der Waals surface area contributed by atoms with Crippen LogP contribution in [-0.4, -0.2) is 24.4 Å². The van der Waals surface area contributed by atoms with Gasteiger partial charge in [-0.05, 0) is 43.0 Å². The Morgan fingerprint density at radius 2 is 1.86 bits per heavy atom. The quantitative estimate of drug-likeness (QED) is 0.796. The number of aryl methyl sites for hydroxylation is 2. The van der Waals surface area contributed by atoms with Gasteiger partial charge in [-0.15, -0.1) is 0 Å². The van der Waals surface area contributed by atoms with Gasteiger partial charge in [0.2, 0.25) is 11.8 Å². The highest BCUT2D eigenvalue weighted by Crippen LogP contribution is 2.30. The zero-order chi connectivity index (χ0) is 15.6. The summed E-state index contributed by atoms with van der Waals surface area (Å²) >= 11 is 0. The van der Waals surface area contributed by atoms with Gasteiger partial charge < -0.3 is 16.0 Å². The molecule has 1 aromatic rings. The number of anilines is 2. The summed E-state index contributed by atoms with van der Waals surface area (Å²) in [5.41, 5.74) is 3.94. The van der Waals surface area contributed by atoms with Crippen molar-refractivity contribution in [1.29, 1.82) is 0 Å². The smallest absolute Gasteiger partial charge is 0.247 e. The minimum Gasteiger partial charge on any atom is -0.372 e. The third-order valence-electron chi connectivity index (χ3n) is 3.63. The molecule has 0 aromatic heterocycles. The minimum atomic E-state index is -0.522. The molecule has 0 bridgehead atoms. The van der Waals surface area contributed by atoms with Gasteiger partial charge in [0.25, 0.3) is 0 Å². The van der Waals surface area contributed by atoms with E-state index in [1.54, 1.807) is 0 Å². The molecule has 0 saturated carbocycles. The molecular formula is C16H23N3O2. The Bertz CT molecular complexity index is 567. The number of amides is 2. The number of rotatable bonds is 4. The summed E-state index contributed by atoms with van der Waals surface area (Å²) in [5, 5.41) is 8.86. The van der Waals surface area contributed by atoms with Crippen molar-refractivity contribution in [3.05, 3.63) is 23.3 Å². The lowest BCUT2D eigenvalue weighted by Gasteiger charge is -2.27. The van der Waals surface area contributed by atoms with Crippen molar-refractivity contribution in [2.75, 3.05) is 17.2 Å². The second kappa shape index (κ2) is 6.16. The molecule has 1 atom stereocenters. The SMILES string of the molecule is Cc1cc2c(cc1C)NC(CC(=O)NCC(C)C)C(=O)N2. The second-order valence-corrected chi connectivity index (χ2v) is 6.07. The molecule has 5 nitrogen and oxygen atoms in total. The van der Waals surface area contributed by atoms with E-state index in [2.05, 4.69) is 16.0 Å². The third-order valence-corrected chi connectivity index (χ3v) is 3.63. The van der Waals surface area contributed by atoms with Gasteiger partial charge in [0.1, 0.15) is 6.04 Å². The second-order valence-electron chi connectivity index (χ2n) is 6.07. The number of nitrogens with one attached hydrogen (secondary N) is 3. The van der Waals surface area contributed by atoms with Crippen LogP contribution in [0.15, 0.2) is 12.1 Å². The van der Waals surface area contributed by atoms with Crippen molar-refractivity contribution < 1.29 is 9.59 Å². The monoisotopic (exact) mass is 289 g/mol. The average Bonchev–Trinajstić information content (AvgIpc) is 2.40. The molecule has 0 radical (unpaired) electrons. The van der Waals surface area contributed by atoms with Crippen molar-refractivity contribution in [2.45, 2.75) is 40.2 Å². The van der Waals surface area contributed by atoms with E-state index in [4.69, 9.17) is 0 Å². The van der Waals surface area contributed by atoms with Crippen molar-refractivity contribution in [2.24, 2.45) is 5.92 Å². The number of hydrogen-bond donors (Lipinski definition) is 3. The molecule has 1 aliphatic rings. The van der Waals surface area contributed by atoms with Crippen molar-refractivity contribution in [3.8, 4) is 0 Å². The summed E-state index contributed by atoms with van der Waals surface area (Å²) in [6.07, 6.45) is 0.144. The molecule has 0 aliphatic carbocycles. The van der Waals surface area contributed by atoms with Crippen LogP contribution in [0.4, 0.5) is 11.4 Å². The molecule has 114 valence electrons. The van der Waals surface area contributed by atoms with Crippen LogP contribution in [0, 0.1) is 19.8 Å². The van der Waals surface area contributed by atoms with Crippen LogP contribution in [0.25, 0.3) is 0 Å². The topological polar surface area (TPSA) is 70.2 Å². The Kier molecular flexibility index (Phi) is 4.50. The van der Waals surface area contributed by atoms with Crippen LogP contribution in [0.2, 0.25) is 0 Å². The zero-order valence-corrected chi connectivity index (χ0v) is 13.0. The van der Waals surface area contributed by atoms with E-state index >= 15 is 0 Å². The Hall–Kier alpha value is -2.04. The maximum atomic E-state index is 12.1. The van der Waals surface area contributed by atoms with Gasteiger partial charge in [0, 0.05) is 6.54 Å². The summed E-state index contributed by atoms with van der Waals surface area (Å²) in [6.45, 7) is 8.73. The van der Waals surface area contributed by atoms with E-state index in [1.807, 2.05) is 39.8 Å². The van der Waals surface area contributed by atoms with Crippen LogP contribution in [0.1, 0.15) is 31.4 Å². The van der Waals surface area contributed by atoms with Gasteiger partial charge in [-0.25, -0.2) is 0 Å². The fourth-order valence-corrected chi connectivity index (χ4v) is 2.23. The maximum Gasteiger partial charge on any atom is 0.247 e. The van der Waals surface area contributed by atoms with Crippen LogP contribution < -0.4 is 16.0 Å². The number of benzene rings is 1. The van der Waals surface area contributed by atoms with Gasteiger partial charge in [-0.2, -0.15) is 0 Å². The van der Waals surface area contributed by atoms with Gasteiger partial charge in [0.15, 0.2) is 0 Å². The predicted molar refractivity (Wildman–Crippen MR) is 84.4 cm³/mol. The lowest BCUT2D eigenvalue weighted by atomic mass is 10.0. The van der Waals surface area contributed by atoms with E-state index < -0.39 is 6.04 Å². The van der Waals surface area contributed by atoms with Gasteiger partial charge in [-0.1, -0.05) is 13.8 Å². The number of carbonyl (C=O) groups excluding carboxylic acids is 2. The fourth-order valence-electron chi connectivity index (χ4n) is 2.23. The average molecular weight is 289 g/mol. The Labute approximate surface area is 125 Å². The Morgan fingerprint density at radius 3 is 2.48 bits per heavy atom. The first-order valence-electron chi connectivity index (χ1n) is 7.32. The molecule has 1 heterocycles. The first-order valence-corrected chi connectivity index (χ1v) is 7.32. The lowest BCUT2D eigenvalue weighted by Crippen LogP contribution is -2.43. The Morgan fingerprint density at radius 1 is 1.24 bits per heavy atom.